The minimum atomic E-state index is 0.570. The van der Waals surface area contributed by atoms with Crippen molar-refractivity contribution < 1.29 is 0 Å². The zero-order valence-electron chi connectivity index (χ0n) is 11.2. The van der Waals surface area contributed by atoms with Crippen molar-refractivity contribution in [1.82, 2.24) is 5.32 Å². The summed E-state index contributed by atoms with van der Waals surface area (Å²) in [5.74, 6) is 1.41. The molecule has 0 saturated heterocycles. The Morgan fingerprint density at radius 2 is 1.88 bits per heavy atom. The Hall–Kier alpha value is -0.820. The van der Waals surface area contributed by atoms with Gasteiger partial charge in [-0.3, -0.25) is 0 Å². The fourth-order valence-electron chi connectivity index (χ4n) is 2.32. The molecule has 90 valence electrons. The Bertz CT molecular complexity index is 317. The van der Waals surface area contributed by atoms with Gasteiger partial charge < -0.3 is 5.32 Å². The van der Waals surface area contributed by atoms with E-state index in [4.69, 9.17) is 0 Å². The number of rotatable bonds is 5. The minimum Gasteiger partial charge on any atom is -0.317 e. The molecule has 0 aliphatic carbocycles. The van der Waals surface area contributed by atoms with E-state index >= 15 is 0 Å². The van der Waals surface area contributed by atoms with E-state index in [1.165, 1.54) is 17.5 Å². The quantitative estimate of drug-likeness (QED) is 0.800. The Morgan fingerprint density at radius 3 is 2.38 bits per heavy atom. The summed E-state index contributed by atoms with van der Waals surface area (Å²) in [5, 5.41) is 3.38. The van der Waals surface area contributed by atoms with Crippen LogP contribution in [-0.4, -0.2) is 13.1 Å². The second-order valence-electron chi connectivity index (χ2n) is 5.18. The fraction of sp³-hybridized carbons (Fsp3) is 0.600. The molecule has 0 aliphatic rings. The molecular formula is C15H25N. The van der Waals surface area contributed by atoms with Crippen molar-refractivity contribution in [2.75, 3.05) is 7.05 Å². The molecule has 1 rings (SSSR count). The van der Waals surface area contributed by atoms with Gasteiger partial charge in [0.25, 0.3) is 0 Å². The summed E-state index contributed by atoms with van der Waals surface area (Å²) in [6, 6.07) is 9.43. The largest absolute Gasteiger partial charge is 0.317 e. The van der Waals surface area contributed by atoms with Gasteiger partial charge in [0.1, 0.15) is 0 Å². The fourth-order valence-corrected chi connectivity index (χ4v) is 2.32. The van der Waals surface area contributed by atoms with Gasteiger partial charge in [-0.25, -0.2) is 0 Å². The summed E-state index contributed by atoms with van der Waals surface area (Å²) in [6.45, 7) is 9.07. The first-order chi connectivity index (χ1) is 7.54. The minimum absolute atomic E-state index is 0.570. The van der Waals surface area contributed by atoms with Crippen molar-refractivity contribution in [3.8, 4) is 0 Å². The molecule has 0 aromatic heterocycles. The summed E-state index contributed by atoms with van der Waals surface area (Å²) in [5.41, 5.74) is 2.82. The average molecular weight is 219 g/mol. The smallest absolute Gasteiger partial charge is 0.00696 e. The van der Waals surface area contributed by atoms with Crippen LogP contribution in [0.1, 0.15) is 31.9 Å². The van der Waals surface area contributed by atoms with Crippen LogP contribution in [-0.2, 0) is 6.42 Å². The Balaban J connectivity index is 2.75. The van der Waals surface area contributed by atoms with Gasteiger partial charge in [0, 0.05) is 6.04 Å². The number of nitrogens with one attached hydrogen (secondary N) is 1. The van der Waals surface area contributed by atoms with Crippen LogP contribution in [0.4, 0.5) is 0 Å². The van der Waals surface area contributed by atoms with Crippen LogP contribution < -0.4 is 5.32 Å². The van der Waals surface area contributed by atoms with Gasteiger partial charge in [-0.15, -0.1) is 0 Å². The van der Waals surface area contributed by atoms with Gasteiger partial charge in [0.15, 0.2) is 0 Å². The lowest BCUT2D eigenvalue weighted by molar-refractivity contribution is 0.300. The van der Waals surface area contributed by atoms with Gasteiger partial charge in [-0.1, -0.05) is 43.7 Å². The molecule has 2 unspecified atom stereocenters. The number of benzene rings is 1. The highest BCUT2D eigenvalue weighted by atomic mass is 14.9. The van der Waals surface area contributed by atoms with E-state index < -0.39 is 0 Å². The summed E-state index contributed by atoms with van der Waals surface area (Å²) in [7, 11) is 2.05. The van der Waals surface area contributed by atoms with E-state index in [0.29, 0.717) is 17.9 Å². The molecule has 0 amide bonds. The van der Waals surface area contributed by atoms with Crippen molar-refractivity contribution >= 4 is 0 Å². The van der Waals surface area contributed by atoms with Gasteiger partial charge in [-0.2, -0.15) is 0 Å². The van der Waals surface area contributed by atoms with E-state index in [2.05, 4.69) is 64.3 Å². The first-order valence-corrected chi connectivity index (χ1v) is 6.27. The topological polar surface area (TPSA) is 12.0 Å². The standard InChI is InChI=1S/C15H25N/c1-11(2)15(13(4)16-5)10-14-8-6-7-12(3)9-14/h6-9,11,13,15-16H,10H2,1-5H3. The van der Waals surface area contributed by atoms with Crippen molar-refractivity contribution in [2.24, 2.45) is 11.8 Å². The Kier molecular flexibility index (Phi) is 5.01. The molecule has 0 saturated carbocycles. The maximum atomic E-state index is 3.38. The van der Waals surface area contributed by atoms with Crippen molar-refractivity contribution in [3.05, 3.63) is 35.4 Å². The second-order valence-corrected chi connectivity index (χ2v) is 5.18. The number of hydrogen-bond donors (Lipinski definition) is 1. The zero-order valence-corrected chi connectivity index (χ0v) is 11.2. The predicted molar refractivity (Wildman–Crippen MR) is 71.7 cm³/mol. The lowest BCUT2D eigenvalue weighted by Gasteiger charge is -2.27. The van der Waals surface area contributed by atoms with Crippen LogP contribution in [0.25, 0.3) is 0 Å². The van der Waals surface area contributed by atoms with E-state index in [1.807, 2.05) is 0 Å². The molecule has 0 aliphatic heterocycles. The van der Waals surface area contributed by atoms with E-state index in [1.54, 1.807) is 0 Å². The van der Waals surface area contributed by atoms with Crippen LogP contribution in [0.2, 0.25) is 0 Å². The Morgan fingerprint density at radius 1 is 1.19 bits per heavy atom. The molecule has 0 fully saturated rings. The maximum absolute atomic E-state index is 3.38. The molecular weight excluding hydrogens is 194 g/mol. The number of aryl methyl sites for hydroxylation is 1. The van der Waals surface area contributed by atoms with E-state index in [9.17, 15) is 0 Å². The highest BCUT2D eigenvalue weighted by molar-refractivity contribution is 5.22. The maximum Gasteiger partial charge on any atom is 0.00696 e. The molecule has 16 heavy (non-hydrogen) atoms. The highest BCUT2D eigenvalue weighted by Gasteiger charge is 2.19. The van der Waals surface area contributed by atoms with Crippen LogP contribution in [0.3, 0.4) is 0 Å². The van der Waals surface area contributed by atoms with Gasteiger partial charge in [0.05, 0.1) is 0 Å². The van der Waals surface area contributed by atoms with Crippen LogP contribution in [0.5, 0.6) is 0 Å². The van der Waals surface area contributed by atoms with Crippen LogP contribution in [0, 0.1) is 18.8 Å². The molecule has 0 bridgehead atoms. The Labute approximate surface area is 100 Å². The molecule has 2 atom stereocenters. The molecule has 0 spiro atoms. The lowest BCUT2D eigenvalue weighted by Crippen LogP contribution is -2.35. The second kappa shape index (κ2) is 6.05. The van der Waals surface area contributed by atoms with Gasteiger partial charge >= 0.3 is 0 Å². The molecule has 1 N–H and O–H groups in total. The van der Waals surface area contributed by atoms with Gasteiger partial charge in [0.2, 0.25) is 0 Å². The summed E-state index contributed by atoms with van der Waals surface area (Å²) < 4.78 is 0. The molecule has 1 aromatic rings. The first kappa shape index (κ1) is 13.2. The van der Waals surface area contributed by atoms with Crippen molar-refractivity contribution in [2.45, 2.75) is 40.2 Å². The van der Waals surface area contributed by atoms with E-state index in [-0.39, 0.29) is 0 Å². The predicted octanol–water partition coefficient (Wildman–Crippen LogP) is 3.42. The van der Waals surface area contributed by atoms with Crippen molar-refractivity contribution in [3.63, 3.8) is 0 Å². The van der Waals surface area contributed by atoms with Gasteiger partial charge in [-0.05, 0) is 44.7 Å². The summed E-state index contributed by atoms with van der Waals surface area (Å²) in [4.78, 5) is 0. The first-order valence-electron chi connectivity index (χ1n) is 6.27. The third-order valence-electron chi connectivity index (χ3n) is 3.51. The van der Waals surface area contributed by atoms with Crippen LogP contribution >= 0.6 is 0 Å². The highest BCUT2D eigenvalue weighted by Crippen LogP contribution is 2.21. The third-order valence-corrected chi connectivity index (χ3v) is 3.51. The molecule has 0 radical (unpaired) electrons. The van der Waals surface area contributed by atoms with Crippen LogP contribution in [0.15, 0.2) is 24.3 Å². The van der Waals surface area contributed by atoms with E-state index in [0.717, 1.165) is 0 Å². The molecule has 1 nitrogen and oxygen atoms in total. The molecule has 1 heteroatoms. The zero-order chi connectivity index (χ0) is 12.1. The molecule has 0 heterocycles. The average Bonchev–Trinajstić information content (AvgIpc) is 2.24. The number of hydrogen-bond acceptors (Lipinski definition) is 1. The van der Waals surface area contributed by atoms with Crippen molar-refractivity contribution in [1.29, 1.82) is 0 Å². The third kappa shape index (κ3) is 3.64. The lowest BCUT2D eigenvalue weighted by atomic mass is 9.84. The SMILES string of the molecule is CNC(C)C(Cc1cccc(C)c1)C(C)C. The summed E-state index contributed by atoms with van der Waals surface area (Å²) >= 11 is 0. The summed E-state index contributed by atoms with van der Waals surface area (Å²) in [6.07, 6.45) is 1.17. The normalized spacial score (nSPS) is 15.1. The molecule has 1 aromatic carbocycles. The monoisotopic (exact) mass is 219 g/mol.